The molecule has 3 nitrogen and oxygen atoms in total. The highest BCUT2D eigenvalue weighted by molar-refractivity contribution is 6.09. The molecule has 0 saturated heterocycles. The molecule has 0 aliphatic carbocycles. The fourth-order valence-electron chi connectivity index (χ4n) is 2.74. The normalized spacial score (nSPS) is 11.1. The van der Waals surface area contributed by atoms with E-state index in [1.54, 1.807) is 54.6 Å². The highest BCUT2D eigenvalue weighted by Gasteiger charge is 2.19. The number of hydrogen-bond donors (Lipinski definition) is 0. The zero-order chi connectivity index (χ0) is 20.3. The van der Waals surface area contributed by atoms with Gasteiger partial charge in [-0.3, -0.25) is 4.79 Å². The van der Waals surface area contributed by atoms with E-state index in [-0.39, 0.29) is 22.5 Å². The lowest BCUT2D eigenvalue weighted by Crippen LogP contribution is -2.15. The molecule has 0 atom stereocenters. The monoisotopic (exact) mass is 376 g/mol. The SMILES string of the molecule is CC(C)(C)c1cc(F)cc(C(=O)Oc2ccc(C(=O)c3ccccc3)cc2)c1. The number of ketones is 1. The number of hydrogen-bond acceptors (Lipinski definition) is 3. The van der Waals surface area contributed by atoms with Gasteiger partial charge in [-0.15, -0.1) is 0 Å². The molecule has 0 N–H and O–H groups in total. The first-order chi connectivity index (χ1) is 13.2. The second-order valence-corrected chi connectivity index (χ2v) is 7.59. The van der Waals surface area contributed by atoms with E-state index in [0.717, 1.165) is 6.07 Å². The van der Waals surface area contributed by atoms with Crippen LogP contribution in [-0.4, -0.2) is 11.8 Å². The molecule has 0 aliphatic heterocycles. The first-order valence-electron chi connectivity index (χ1n) is 8.97. The van der Waals surface area contributed by atoms with Gasteiger partial charge in [-0.1, -0.05) is 51.1 Å². The van der Waals surface area contributed by atoms with Crippen molar-refractivity contribution in [3.05, 3.63) is 101 Å². The Kier molecular flexibility index (Phi) is 5.41. The average molecular weight is 376 g/mol. The van der Waals surface area contributed by atoms with E-state index in [0.29, 0.717) is 16.7 Å². The molecule has 0 aromatic heterocycles. The second kappa shape index (κ2) is 7.77. The van der Waals surface area contributed by atoms with Gasteiger partial charge < -0.3 is 4.74 Å². The maximum atomic E-state index is 13.9. The van der Waals surface area contributed by atoms with E-state index >= 15 is 0 Å². The van der Waals surface area contributed by atoms with Crippen LogP contribution in [0.15, 0.2) is 72.8 Å². The number of carbonyl (C=O) groups excluding carboxylic acids is 2. The Morgan fingerprint density at radius 2 is 1.39 bits per heavy atom. The second-order valence-electron chi connectivity index (χ2n) is 7.59. The Bertz CT molecular complexity index is 1000. The number of carbonyl (C=O) groups is 2. The lowest BCUT2D eigenvalue weighted by Gasteiger charge is -2.19. The molecular formula is C24H21FO3. The molecule has 0 saturated carbocycles. The summed E-state index contributed by atoms with van der Waals surface area (Å²) in [6.45, 7) is 5.83. The number of benzene rings is 3. The van der Waals surface area contributed by atoms with Crippen molar-refractivity contribution in [2.24, 2.45) is 0 Å². The van der Waals surface area contributed by atoms with Crippen molar-refractivity contribution in [2.45, 2.75) is 26.2 Å². The van der Waals surface area contributed by atoms with Crippen LogP contribution in [0, 0.1) is 5.82 Å². The molecule has 0 aliphatic rings. The van der Waals surface area contributed by atoms with Gasteiger partial charge >= 0.3 is 5.97 Å². The number of rotatable bonds is 4. The van der Waals surface area contributed by atoms with E-state index < -0.39 is 11.8 Å². The largest absolute Gasteiger partial charge is 0.423 e. The van der Waals surface area contributed by atoms with E-state index in [2.05, 4.69) is 0 Å². The van der Waals surface area contributed by atoms with Crippen molar-refractivity contribution in [2.75, 3.05) is 0 Å². The third-order valence-electron chi connectivity index (χ3n) is 4.36. The van der Waals surface area contributed by atoms with Gasteiger partial charge in [0.25, 0.3) is 0 Å². The molecule has 142 valence electrons. The lowest BCUT2D eigenvalue weighted by atomic mass is 9.86. The van der Waals surface area contributed by atoms with E-state index in [1.807, 2.05) is 26.8 Å². The van der Waals surface area contributed by atoms with Crippen molar-refractivity contribution in [3.8, 4) is 5.75 Å². The van der Waals surface area contributed by atoms with Gasteiger partial charge in [-0.2, -0.15) is 0 Å². The molecule has 3 aromatic rings. The molecule has 3 aromatic carbocycles. The van der Waals surface area contributed by atoms with Gasteiger partial charge in [0.1, 0.15) is 11.6 Å². The smallest absolute Gasteiger partial charge is 0.343 e. The van der Waals surface area contributed by atoms with Crippen LogP contribution in [0.2, 0.25) is 0 Å². The van der Waals surface area contributed by atoms with Crippen molar-refractivity contribution in [1.29, 1.82) is 0 Å². The molecule has 0 unspecified atom stereocenters. The molecule has 0 radical (unpaired) electrons. The van der Waals surface area contributed by atoms with Crippen LogP contribution in [0.5, 0.6) is 5.75 Å². The molecular weight excluding hydrogens is 355 g/mol. The first kappa shape index (κ1) is 19.5. The summed E-state index contributed by atoms with van der Waals surface area (Å²) < 4.78 is 19.3. The van der Waals surface area contributed by atoms with Crippen LogP contribution in [0.3, 0.4) is 0 Å². The van der Waals surface area contributed by atoms with Crippen molar-refractivity contribution in [3.63, 3.8) is 0 Å². The fourth-order valence-corrected chi connectivity index (χ4v) is 2.74. The minimum atomic E-state index is -0.646. The predicted molar refractivity (Wildman–Crippen MR) is 106 cm³/mol. The highest BCUT2D eigenvalue weighted by atomic mass is 19.1. The quantitative estimate of drug-likeness (QED) is 0.339. The van der Waals surface area contributed by atoms with Crippen molar-refractivity contribution >= 4 is 11.8 Å². The van der Waals surface area contributed by atoms with Crippen molar-refractivity contribution < 1.29 is 18.7 Å². The third-order valence-corrected chi connectivity index (χ3v) is 4.36. The minimum absolute atomic E-state index is 0.113. The van der Waals surface area contributed by atoms with Gasteiger partial charge in [0.2, 0.25) is 0 Å². The van der Waals surface area contributed by atoms with E-state index in [9.17, 15) is 14.0 Å². The van der Waals surface area contributed by atoms with Crippen LogP contribution in [0.1, 0.15) is 52.6 Å². The maximum Gasteiger partial charge on any atom is 0.343 e. The molecule has 0 heterocycles. The van der Waals surface area contributed by atoms with Crippen LogP contribution < -0.4 is 4.74 Å². The summed E-state index contributed by atoms with van der Waals surface area (Å²) in [6, 6.07) is 19.5. The molecule has 28 heavy (non-hydrogen) atoms. The topological polar surface area (TPSA) is 43.4 Å². The van der Waals surface area contributed by atoms with Gasteiger partial charge in [0, 0.05) is 11.1 Å². The molecule has 3 rings (SSSR count). The van der Waals surface area contributed by atoms with Gasteiger partial charge in [0.05, 0.1) is 5.56 Å². The first-order valence-corrected chi connectivity index (χ1v) is 8.97. The molecule has 0 bridgehead atoms. The number of halogens is 1. The van der Waals surface area contributed by atoms with Crippen LogP contribution >= 0.6 is 0 Å². The fraction of sp³-hybridized carbons (Fsp3) is 0.167. The Morgan fingerprint density at radius 3 is 2.00 bits per heavy atom. The highest BCUT2D eigenvalue weighted by Crippen LogP contribution is 2.25. The standard InChI is InChI=1S/C24H21FO3/c1-24(2,3)19-13-18(14-20(25)15-19)23(27)28-21-11-9-17(10-12-21)22(26)16-7-5-4-6-8-16/h4-15H,1-3H3. The minimum Gasteiger partial charge on any atom is -0.423 e. The Morgan fingerprint density at radius 1 is 0.786 bits per heavy atom. The maximum absolute atomic E-state index is 13.9. The lowest BCUT2D eigenvalue weighted by molar-refractivity contribution is 0.0734. The van der Waals surface area contributed by atoms with Crippen molar-refractivity contribution in [1.82, 2.24) is 0 Å². The Balaban J connectivity index is 1.77. The van der Waals surface area contributed by atoms with Gasteiger partial charge in [-0.05, 0) is 53.4 Å². The summed E-state index contributed by atoms with van der Waals surface area (Å²) in [5.41, 5.74) is 1.64. The summed E-state index contributed by atoms with van der Waals surface area (Å²) in [6.07, 6.45) is 0. The zero-order valence-electron chi connectivity index (χ0n) is 16.0. The van der Waals surface area contributed by atoms with E-state index in [1.165, 1.54) is 6.07 Å². The van der Waals surface area contributed by atoms with Crippen LogP contribution in [0.4, 0.5) is 4.39 Å². The Labute approximate surface area is 163 Å². The summed E-state index contributed by atoms with van der Waals surface area (Å²) in [5, 5.41) is 0. The summed E-state index contributed by atoms with van der Waals surface area (Å²) >= 11 is 0. The summed E-state index contributed by atoms with van der Waals surface area (Å²) in [5.74, 6) is -0.954. The van der Waals surface area contributed by atoms with E-state index in [4.69, 9.17) is 4.74 Å². The van der Waals surface area contributed by atoms with Gasteiger partial charge in [-0.25, -0.2) is 9.18 Å². The molecule has 4 heteroatoms. The molecule has 0 amide bonds. The average Bonchev–Trinajstić information content (AvgIpc) is 2.67. The van der Waals surface area contributed by atoms with Gasteiger partial charge in [0.15, 0.2) is 5.78 Å². The summed E-state index contributed by atoms with van der Waals surface area (Å²) in [7, 11) is 0. The third kappa shape index (κ3) is 4.52. The Hall–Kier alpha value is -3.27. The predicted octanol–water partition coefficient (Wildman–Crippen LogP) is 5.57. The number of esters is 1. The molecule has 0 spiro atoms. The zero-order valence-corrected chi connectivity index (χ0v) is 16.0. The molecule has 0 fully saturated rings. The van der Waals surface area contributed by atoms with Crippen LogP contribution in [-0.2, 0) is 5.41 Å². The van der Waals surface area contributed by atoms with Crippen LogP contribution in [0.25, 0.3) is 0 Å². The summed E-state index contributed by atoms with van der Waals surface area (Å²) in [4.78, 5) is 24.9. The number of ether oxygens (including phenoxy) is 1.